The van der Waals surface area contributed by atoms with Crippen LogP contribution in [-0.2, 0) is 11.3 Å². The second kappa shape index (κ2) is 7.25. The van der Waals surface area contributed by atoms with E-state index in [1.54, 1.807) is 17.6 Å². The van der Waals surface area contributed by atoms with E-state index in [1.807, 2.05) is 6.07 Å². The van der Waals surface area contributed by atoms with Gasteiger partial charge in [-0.2, -0.15) is 0 Å². The summed E-state index contributed by atoms with van der Waals surface area (Å²) < 4.78 is 1.04. The van der Waals surface area contributed by atoms with Crippen LogP contribution in [0.3, 0.4) is 0 Å². The predicted octanol–water partition coefficient (Wildman–Crippen LogP) is 4.51. The zero-order chi connectivity index (χ0) is 11.1. The minimum Gasteiger partial charge on any atom is -0.396 e. The van der Waals surface area contributed by atoms with Crippen LogP contribution >= 0.6 is 38.9 Å². The zero-order valence-electron chi connectivity index (χ0n) is 8.50. The lowest BCUT2D eigenvalue weighted by molar-refractivity contribution is 0.142. The molecule has 0 aliphatic heterocycles. The van der Waals surface area contributed by atoms with Gasteiger partial charge in [-0.3, -0.25) is 0 Å². The molecule has 0 spiro atoms. The lowest BCUT2D eigenvalue weighted by atomic mass is 10.4. The molecule has 0 aliphatic rings. The van der Waals surface area contributed by atoms with E-state index in [0.717, 1.165) is 32.9 Å². The van der Waals surface area contributed by atoms with Crippen molar-refractivity contribution in [3.05, 3.63) is 19.8 Å². The Morgan fingerprint density at radius 2 is 2.47 bits per heavy atom. The molecule has 0 aliphatic carbocycles. The van der Waals surface area contributed by atoms with Crippen molar-refractivity contribution in [1.29, 1.82) is 0 Å². The maximum atomic E-state index is 5.99. The monoisotopic (exact) mass is 309 g/mol. The summed E-state index contributed by atoms with van der Waals surface area (Å²) >= 11 is 11.0. The van der Waals surface area contributed by atoms with Crippen molar-refractivity contribution < 1.29 is 4.84 Å². The number of oxime groups is 1. The normalized spacial score (nSPS) is 11.1. The molecule has 1 heterocycles. The lowest BCUT2D eigenvalue weighted by Crippen LogP contribution is -1.88. The Labute approximate surface area is 107 Å². The minimum absolute atomic E-state index is 0.689. The summed E-state index contributed by atoms with van der Waals surface area (Å²) in [6, 6.07) is 1.90. The maximum Gasteiger partial charge on any atom is 0.117 e. The SMILES string of the molecule is CCCCON=CCc1sc(Br)cc1Cl. The van der Waals surface area contributed by atoms with Gasteiger partial charge in [0.05, 0.1) is 8.81 Å². The summed E-state index contributed by atoms with van der Waals surface area (Å²) in [5.74, 6) is 0. The van der Waals surface area contributed by atoms with Crippen molar-refractivity contribution in [1.82, 2.24) is 0 Å². The first-order valence-electron chi connectivity index (χ1n) is 4.81. The summed E-state index contributed by atoms with van der Waals surface area (Å²) in [5.41, 5.74) is 0. The third kappa shape index (κ3) is 5.00. The first-order chi connectivity index (χ1) is 7.24. The van der Waals surface area contributed by atoms with Gasteiger partial charge in [-0.25, -0.2) is 0 Å². The first-order valence-corrected chi connectivity index (χ1v) is 6.80. The van der Waals surface area contributed by atoms with Crippen molar-refractivity contribution in [3.8, 4) is 0 Å². The Morgan fingerprint density at radius 3 is 3.07 bits per heavy atom. The Balaban J connectivity index is 2.27. The molecule has 0 saturated heterocycles. The van der Waals surface area contributed by atoms with Crippen LogP contribution in [-0.4, -0.2) is 12.8 Å². The molecule has 0 aromatic carbocycles. The van der Waals surface area contributed by atoms with Gasteiger partial charge in [0, 0.05) is 17.5 Å². The topological polar surface area (TPSA) is 21.6 Å². The molecule has 0 amide bonds. The largest absolute Gasteiger partial charge is 0.396 e. The average molecular weight is 311 g/mol. The molecule has 0 bridgehead atoms. The second-order valence-electron chi connectivity index (χ2n) is 3.00. The van der Waals surface area contributed by atoms with Gasteiger partial charge >= 0.3 is 0 Å². The van der Waals surface area contributed by atoms with Crippen LogP contribution in [0.15, 0.2) is 15.0 Å². The molecule has 1 aromatic rings. The molecule has 1 rings (SSSR count). The van der Waals surface area contributed by atoms with Crippen LogP contribution in [0.25, 0.3) is 0 Å². The van der Waals surface area contributed by atoms with E-state index in [0.29, 0.717) is 6.61 Å². The highest BCUT2D eigenvalue weighted by Gasteiger charge is 2.03. The number of hydrogen-bond donors (Lipinski definition) is 0. The van der Waals surface area contributed by atoms with Crippen molar-refractivity contribution in [2.24, 2.45) is 5.16 Å². The van der Waals surface area contributed by atoms with Gasteiger partial charge in [-0.05, 0) is 28.4 Å². The average Bonchev–Trinajstić information content (AvgIpc) is 2.51. The van der Waals surface area contributed by atoms with E-state index in [4.69, 9.17) is 16.4 Å². The minimum atomic E-state index is 0.689. The summed E-state index contributed by atoms with van der Waals surface area (Å²) in [5, 5.41) is 4.65. The number of rotatable bonds is 6. The number of nitrogens with zero attached hydrogens (tertiary/aromatic N) is 1. The molecule has 0 atom stereocenters. The molecular formula is C10H13BrClNOS. The quantitative estimate of drug-likeness (QED) is 0.430. The summed E-state index contributed by atoms with van der Waals surface area (Å²) in [4.78, 5) is 6.16. The molecular weight excluding hydrogens is 298 g/mol. The zero-order valence-corrected chi connectivity index (χ0v) is 11.7. The molecule has 0 N–H and O–H groups in total. The molecule has 0 radical (unpaired) electrons. The van der Waals surface area contributed by atoms with Crippen molar-refractivity contribution in [2.75, 3.05) is 6.61 Å². The van der Waals surface area contributed by atoms with E-state index in [-0.39, 0.29) is 0 Å². The van der Waals surface area contributed by atoms with Crippen LogP contribution in [0, 0.1) is 0 Å². The molecule has 15 heavy (non-hydrogen) atoms. The Hall–Kier alpha value is -0.0600. The van der Waals surface area contributed by atoms with E-state index >= 15 is 0 Å². The lowest BCUT2D eigenvalue weighted by Gasteiger charge is -1.95. The van der Waals surface area contributed by atoms with Gasteiger partial charge in [0.2, 0.25) is 0 Å². The fourth-order valence-corrected chi connectivity index (χ4v) is 2.99. The molecule has 84 valence electrons. The van der Waals surface area contributed by atoms with Gasteiger partial charge < -0.3 is 4.84 Å². The standard InChI is InChI=1S/C10H13BrClNOS/c1-2-3-6-14-13-5-4-9-8(12)7-10(11)15-9/h5,7H,2-4,6H2,1H3. The van der Waals surface area contributed by atoms with E-state index in [1.165, 1.54) is 0 Å². The number of halogens is 2. The van der Waals surface area contributed by atoms with Gasteiger partial charge in [0.15, 0.2) is 0 Å². The van der Waals surface area contributed by atoms with Gasteiger partial charge in [0.25, 0.3) is 0 Å². The van der Waals surface area contributed by atoms with Crippen LogP contribution in [0.5, 0.6) is 0 Å². The van der Waals surface area contributed by atoms with Crippen molar-refractivity contribution in [3.63, 3.8) is 0 Å². The Morgan fingerprint density at radius 1 is 1.67 bits per heavy atom. The van der Waals surface area contributed by atoms with E-state index in [2.05, 4.69) is 28.0 Å². The number of hydrogen-bond acceptors (Lipinski definition) is 3. The van der Waals surface area contributed by atoms with Crippen LogP contribution < -0.4 is 0 Å². The van der Waals surface area contributed by atoms with Gasteiger partial charge in [-0.15, -0.1) is 11.3 Å². The molecule has 5 heteroatoms. The molecule has 1 aromatic heterocycles. The molecule has 0 unspecified atom stereocenters. The fraction of sp³-hybridized carbons (Fsp3) is 0.500. The van der Waals surface area contributed by atoms with Gasteiger partial charge in [0.1, 0.15) is 6.61 Å². The van der Waals surface area contributed by atoms with Crippen molar-refractivity contribution >= 4 is 45.1 Å². The van der Waals surface area contributed by atoms with E-state index < -0.39 is 0 Å². The number of unbranched alkanes of at least 4 members (excludes halogenated alkanes) is 1. The third-order valence-electron chi connectivity index (χ3n) is 1.74. The van der Waals surface area contributed by atoms with E-state index in [9.17, 15) is 0 Å². The predicted molar refractivity (Wildman–Crippen MR) is 70.1 cm³/mol. The summed E-state index contributed by atoms with van der Waals surface area (Å²) in [7, 11) is 0. The highest BCUT2D eigenvalue weighted by Crippen LogP contribution is 2.30. The number of thiophene rings is 1. The van der Waals surface area contributed by atoms with Crippen LogP contribution in [0.4, 0.5) is 0 Å². The molecule has 0 saturated carbocycles. The maximum absolute atomic E-state index is 5.99. The highest BCUT2D eigenvalue weighted by molar-refractivity contribution is 9.11. The van der Waals surface area contributed by atoms with Gasteiger partial charge in [-0.1, -0.05) is 30.1 Å². The Bertz CT molecular complexity index is 327. The second-order valence-corrected chi connectivity index (χ2v) is 5.92. The summed E-state index contributed by atoms with van der Waals surface area (Å²) in [6.45, 7) is 2.81. The molecule has 2 nitrogen and oxygen atoms in total. The highest BCUT2D eigenvalue weighted by atomic mass is 79.9. The Kier molecular flexibility index (Phi) is 6.29. The summed E-state index contributed by atoms with van der Waals surface area (Å²) in [6.07, 6.45) is 4.64. The smallest absolute Gasteiger partial charge is 0.117 e. The fourth-order valence-electron chi connectivity index (χ4n) is 0.950. The third-order valence-corrected chi connectivity index (χ3v) is 3.85. The van der Waals surface area contributed by atoms with Crippen LogP contribution in [0.2, 0.25) is 5.02 Å². The first kappa shape index (κ1) is 13.0. The van der Waals surface area contributed by atoms with Crippen LogP contribution in [0.1, 0.15) is 24.6 Å². The van der Waals surface area contributed by atoms with Crippen molar-refractivity contribution in [2.45, 2.75) is 26.2 Å². The molecule has 0 fully saturated rings.